The molecule has 26 heavy (non-hydrogen) atoms. The van der Waals surface area contributed by atoms with Crippen molar-refractivity contribution in [3.05, 3.63) is 34.8 Å². The van der Waals surface area contributed by atoms with E-state index in [9.17, 15) is 27.6 Å². The van der Waals surface area contributed by atoms with Crippen molar-refractivity contribution in [2.45, 2.75) is 38.1 Å². The molecule has 2 aromatic rings. The van der Waals surface area contributed by atoms with Crippen molar-refractivity contribution in [1.82, 2.24) is 4.98 Å². The number of aromatic amines is 1. The van der Waals surface area contributed by atoms with E-state index in [1.807, 2.05) is 6.07 Å². The summed E-state index contributed by atoms with van der Waals surface area (Å²) in [4.78, 5) is 14.2. The van der Waals surface area contributed by atoms with Crippen LogP contribution in [-0.2, 0) is 26.5 Å². The Morgan fingerprint density at radius 1 is 1.46 bits per heavy atom. The van der Waals surface area contributed by atoms with Gasteiger partial charge in [0.15, 0.2) is 0 Å². The third-order valence-electron chi connectivity index (χ3n) is 4.24. The first-order valence-electron chi connectivity index (χ1n) is 7.81. The first-order chi connectivity index (χ1) is 12.2. The van der Waals surface area contributed by atoms with Crippen LogP contribution in [0, 0.1) is 17.1 Å². The summed E-state index contributed by atoms with van der Waals surface area (Å²) in [6, 6.07) is 4.33. The van der Waals surface area contributed by atoms with Crippen LogP contribution in [0.1, 0.15) is 36.6 Å². The SMILES string of the molecule is CC(=O)OC1(CCC(F)(F)F)OCCc2c1[nH]c1c(F)ccc(C#N)c21. The number of nitrogens with zero attached hydrogens (tertiary/aromatic N) is 1. The minimum Gasteiger partial charge on any atom is -0.427 e. The van der Waals surface area contributed by atoms with Crippen molar-refractivity contribution >= 4 is 16.9 Å². The second-order valence-electron chi connectivity index (χ2n) is 6.00. The fraction of sp³-hybridized carbons (Fsp3) is 0.412. The van der Waals surface area contributed by atoms with Gasteiger partial charge in [0.1, 0.15) is 5.82 Å². The predicted octanol–water partition coefficient (Wildman–Crippen LogP) is 3.81. The van der Waals surface area contributed by atoms with Gasteiger partial charge in [0.2, 0.25) is 0 Å². The van der Waals surface area contributed by atoms with E-state index in [0.29, 0.717) is 5.56 Å². The number of benzene rings is 1. The van der Waals surface area contributed by atoms with Crippen molar-refractivity contribution in [2.75, 3.05) is 6.61 Å². The summed E-state index contributed by atoms with van der Waals surface area (Å²) in [6.45, 7) is 1.02. The zero-order valence-electron chi connectivity index (χ0n) is 13.7. The molecule has 0 aliphatic carbocycles. The Hall–Kier alpha value is -2.60. The highest BCUT2D eigenvalue weighted by Gasteiger charge is 2.46. The van der Waals surface area contributed by atoms with Crippen LogP contribution in [0.3, 0.4) is 0 Å². The molecule has 5 nitrogen and oxygen atoms in total. The van der Waals surface area contributed by atoms with Gasteiger partial charge >= 0.3 is 12.1 Å². The van der Waals surface area contributed by atoms with Gasteiger partial charge in [-0.1, -0.05) is 0 Å². The van der Waals surface area contributed by atoms with E-state index in [2.05, 4.69) is 4.98 Å². The van der Waals surface area contributed by atoms with Crippen molar-refractivity contribution in [3.8, 4) is 6.07 Å². The van der Waals surface area contributed by atoms with Crippen LogP contribution in [0.15, 0.2) is 12.1 Å². The lowest BCUT2D eigenvalue weighted by atomic mass is 9.95. The molecule has 1 aromatic carbocycles. The van der Waals surface area contributed by atoms with Gasteiger partial charge in [-0.2, -0.15) is 18.4 Å². The lowest BCUT2D eigenvalue weighted by Gasteiger charge is -2.36. The van der Waals surface area contributed by atoms with E-state index in [0.717, 1.165) is 13.0 Å². The van der Waals surface area contributed by atoms with Crippen LogP contribution in [0.5, 0.6) is 0 Å². The molecule has 0 spiro atoms. The number of nitrogens with one attached hydrogen (secondary N) is 1. The first kappa shape index (κ1) is 18.2. The molecule has 1 atom stereocenters. The molecule has 0 saturated heterocycles. The molecule has 2 heterocycles. The number of rotatable bonds is 3. The van der Waals surface area contributed by atoms with E-state index in [1.165, 1.54) is 6.07 Å². The maximum absolute atomic E-state index is 14.2. The highest BCUT2D eigenvalue weighted by atomic mass is 19.4. The Balaban J connectivity index is 2.22. The summed E-state index contributed by atoms with van der Waals surface area (Å²) < 4.78 is 63.1. The highest BCUT2D eigenvalue weighted by Crippen LogP contribution is 2.43. The first-order valence-corrected chi connectivity index (χ1v) is 7.81. The van der Waals surface area contributed by atoms with Gasteiger partial charge in [0, 0.05) is 18.7 Å². The highest BCUT2D eigenvalue weighted by molar-refractivity contribution is 5.91. The standard InChI is InChI=1S/C17H14F4N2O3/c1-9(24)26-16(5-6-17(19,20)21)15-11(4-7-25-16)13-10(8-22)2-3-12(18)14(13)23-15/h2-3,23H,4-7H2,1H3. The molecule has 3 rings (SSSR count). The van der Waals surface area contributed by atoms with Crippen molar-refractivity contribution < 1.29 is 31.8 Å². The lowest BCUT2D eigenvalue weighted by Crippen LogP contribution is -2.40. The largest absolute Gasteiger partial charge is 0.427 e. The molecule has 9 heteroatoms. The summed E-state index contributed by atoms with van der Waals surface area (Å²) in [7, 11) is 0. The Labute approximate surface area is 145 Å². The topological polar surface area (TPSA) is 75.1 Å². The molecule has 0 amide bonds. The summed E-state index contributed by atoms with van der Waals surface area (Å²) in [5, 5.41) is 9.55. The van der Waals surface area contributed by atoms with Crippen molar-refractivity contribution in [3.63, 3.8) is 0 Å². The van der Waals surface area contributed by atoms with Crippen LogP contribution in [0.2, 0.25) is 0 Å². The number of halogens is 4. The fourth-order valence-corrected chi connectivity index (χ4v) is 3.26. The van der Waals surface area contributed by atoms with Gasteiger partial charge in [0.25, 0.3) is 5.79 Å². The fourth-order valence-electron chi connectivity index (χ4n) is 3.26. The number of nitriles is 1. The third kappa shape index (κ3) is 3.12. The Morgan fingerprint density at radius 3 is 2.81 bits per heavy atom. The number of hydrogen-bond acceptors (Lipinski definition) is 4. The molecule has 138 valence electrons. The molecule has 1 aliphatic rings. The van der Waals surface area contributed by atoms with E-state index < -0.39 is 36.6 Å². The number of H-pyrrole nitrogens is 1. The van der Waals surface area contributed by atoms with E-state index in [1.54, 1.807) is 0 Å². The number of alkyl halides is 3. The normalized spacial score (nSPS) is 19.8. The molecule has 0 fully saturated rings. The Bertz CT molecular complexity index is 913. The number of carbonyl (C=O) groups excluding carboxylic acids is 1. The van der Waals surface area contributed by atoms with Crippen LogP contribution in [0.25, 0.3) is 10.9 Å². The summed E-state index contributed by atoms with van der Waals surface area (Å²) >= 11 is 0. The zero-order chi connectivity index (χ0) is 19.1. The van der Waals surface area contributed by atoms with Crippen LogP contribution < -0.4 is 0 Å². The van der Waals surface area contributed by atoms with Crippen LogP contribution in [0.4, 0.5) is 17.6 Å². The molecule has 1 aromatic heterocycles. The summed E-state index contributed by atoms with van der Waals surface area (Å²) in [5.41, 5.74) is 0.613. The van der Waals surface area contributed by atoms with Gasteiger partial charge in [-0.05, 0) is 24.1 Å². The second-order valence-corrected chi connectivity index (χ2v) is 6.00. The Morgan fingerprint density at radius 2 is 2.19 bits per heavy atom. The number of fused-ring (bicyclic) bond motifs is 3. The van der Waals surface area contributed by atoms with Gasteiger partial charge in [-0.15, -0.1) is 0 Å². The lowest BCUT2D eigenvalue weighted by molar-refractivity contribution is -0.258. The molecular weight excluding hydrogens is 356 g/mol. The number of aromatic nitrogens is 1. The Kier molecular flexibility index (Phi) is 4.40. The zero-order valence-corrected chi connectivity index (χ0v) is 13.7. The van der Waals surface area contributed by atoms with Crippen LogP contribution >= 0.6 is 0 Å². The smallest absolute Gasteiger partial charge is 0.389 e. The summed E-state index contributed by atoms with van der Waals surface area (Å²) in [6.07, 6.45) is -6.20. The number of ether oxygens (including phenoxy) is 2. The van der Waals surface area contributed by atoms with E-state index >= 15 is 0 Å². The number of hydrogen-bond donors (Lipinski definition) is 1. The monoisotopic (exact) mass is 370 g/mol. The van der Waals surface area contributed by atoms with E-state index in [4.69, 9.17) is 9.47 Å². The average Bonchev–Trinajstić information content (AvgIpc) is 2.95. The molecule has 0 saturated carbocycles. The maximum atomic E-state index is 14.2. The van der Waals surface area contributed by atoms with Crippen LogP contribution in [-0.4, -0.2) is 23.7 Å². The van der Waals surface area contributed by atoms with Gasteiger partial charge < -0.3 is 14.5 Å². The summed E-state index contributed by atoms with van der Waals surface area (Å²) in [5.74, 6) is -3.51. The molecule has 1 aliphatic heterocycles. The van der Waals surface area contributed by atoms with Crippen molar-refractivity contribution in [2.24, 2.45) is 0 Å². The van der Waals surface area contributed by atoms with Crippen molar-refractivity contribution in [1.29, 1.82) is 5.26 Å². The number of esters is 1. The van der Waals surface area contributed by atoms with Gasteiger partial charge in [-0.3, -0.25) is 4.79 Å². The van der Waals surface area contributed by atoms with Gasteiger partial charge in [0.05, 0.1) is 35.9 Å². The maximum Gasteiger partial charge on any atom is 0.389 e. The van der Waals surface area contributed by atoms with E-state index in [-0.39, 0.29) is 35.2 Å². The quantitative estimate of drug-likeness (QED) is 0.659. The minimum absolute atomic E-state index is 0.0249. The average molecular weight is 370 g/mol. The molecule has 1 N–H and O–H groups in total. The second kappa shape index (κ2) is 6.29. The third-order valence-corrected chi connectivity index (χ3v) is 4.24. The molecule has 0 radical (unpaired) electrons. The minimum atomic E-state index is -4.50. The molecule has 1 unspecified atom stereocenters. The molecular formula is C17H14F4N2O3. The molecule has 0 bridgehead atoms. The predicted molar refractivity (Wildman–Crippen MR) is 81.4 cm³/mol. The number of carbonyl (C=O) groups is 1. The van der Waals surface area contributed by atoms with Gasteiger partial charge in [-0.25, -0.2) is 4.39 Å².